The highest BCUT2D eigenvalue weighted by Gasteiger charge is 2.21. The molecule has 1 heterocycles. The minimum absolute atomic E-state index is 0.298. The van der Waals surface area contributed by atoms with Crippen LogP contribution < -0.4 is 5.32 Å². The van der Waals surface area contributed by atoms with Crippen molar-refractivity contribution in [1.82, 2.24) is 10.2 Å². The molecular formula is C12H24N2O2. The third-order valence-electron chi connectivity index (χ3n) is 3.28. The first kappa shape index (κ1) is 13.5. The lowest BCUT2D eigenvalue weighted by Gasteiger charge is -2.22. The summed E-state index contributed by atoms with van der Waals surface area (Å²) in [7, 11) is 0. The van der Waals surface area contributed by atoms with Crippen molar-refractivity contribution in [1.29, 1.82) is 0 Å². The van der Waals surface area contributed by atoms with Gasteiger partial charge in [0.15, 0.2) is 0 Å². The molecule has 0 aromatic heterocycles. The number of likely N-dealkylation sites (N-methyl/N-ethyl adjacent to an activating group) is 1. The molecule has 0 bridgehead atoms. The van der Waals surface area contributed by atoms with E-state index in [1.54, 1.807) is 0 Å². The molecule has 0 aliphatic carbocycles. The Morgan fingerprint density at radius 1 is 1.50 bits per heavy atom. The van der Waals surface area contributed by atoms with Gasteiger partial charge in [0, 0.05) is 19.0 Å². The van der Waals surface area contributed by atoms with Crippen LogP contribution in [-0.4, -0.2) is 48.2 Å². The summed E-state index contributed by atoms with van der Waals surface area (Å²) >= 11 is 0. The van der Waals surface area contributed by atoms with Gasteiger partial charge in [-0.15, -0.1) is 0 Å². The largest absolute Gasteiger partial charge is 0.481 e. The van der Waals surface area contributed by atoms with Crippen LogP contribution in [0.4, 0.5) is 0 Å². The van der Waals surface area contributed by atoms with Crippen molar-refractivity contribution in [3.05, 3.63) is 0 Å². The predicted molar refractivity (Wildman–Crippen MR) is 64.6 cm³/mol. The fourth-order valence-electron chi connectivity index (χ4n) is 2.34. The van der Waals surface area contributed by atoms with Crippen molar-refractivity contribution >= 4 is 5.97 Å². The van der Waals surface area contributed by atoms with Gasteiger partial charge in [0.05, 0.1) is 0 Å². The zero-order chi connectivity index (χ0) is 11.8. The average molecular weight is 228 g/mol. The van der Waals surface area contributed by atoms with Gasteiger partial charge >= 0.3 is 5.97 Å². The topological polar surface area (TPSA) is 52.6 Å². The fraction of sp³-hybridized carbons (Fsp3) is 0.917. The van der Waals surface area contributed by atoms with Gasteiger partial charge < -0.3 is 10.4 Å². The fourth-order valence-corrected chi connectivity index (χ4v) is 2.34. The van der Waals surface area contributed by atoms with Crippen molar-refractivity contribution in [2.75, 3.05) is 26.2 Å². The quantitative estimate of drug-likeness (QED) is 0.615. The summed E-state index contributed by atoms with van der Waals surface area (Å²) in [6.45, 7) is 6.60. The Morgan fingerprint density at radius 3 is 3.00 bits per heavy atom. The van der Waals surface area contributed by atoms with Gasteiger partial charge in [-0.25, -0.2) is 0 Å². The van der Waals surface area contributed by atoms with Crippen LogP contribution in [0.15, 0.2) is 0 Å². The van der Waals surface area contributed by atoms with Gasteiger partial charge in [-0.05, 0) is 45.3 Å². The number of carboxylic acids is 1. The van der Waals surface area contributed by atoms with Crippen LogP contribution in [0.1, 0.15) is 39.0 Å². The molecule has 2 N–H and O–H groups in total. The smallest absolute Gasteiger partial charge is 0.303 e. The molecule has 0 aromatic rings. The molecule has 0 amide bonds. The molecule has 0 spiro atoms. The molecule has 1 unspecified atom stereocenters. The van der Waals surface area contributed by atoms with Crippen LogP contribution in [0.3, 0.4) is 0 Å². The summed E-state index contributed by atoms with van der Waals surface area (Å²) in [6.07, 6.45) is 4.66. The normalized spacial score (nSPS) is 21.4. The lowest BCUT2D eigenvalue weighted by molar-refractivity contribution is -0.137. The molecule has 1 aliphatic heterocycles. The van der Waals surface area contributed by atoms with Crippen molar-refractivity contribution in [2.45, 2.75) is 45.1 Å². The molecule has 1 aliphatic rings. The molecular weight excluding hydrogens is 204 g/mol. The lowest BCUT2D eigenvalue weighted by atomic mass is 10.2. The Bertz CT molecular complexity index is 209. The molecule has 94 valence electrons. The highest BCUT2D eigenvalue weighted by atomic mass is 16.4. The number of carboxylic acid groups (broad SMARTS) is 1. The van der Waals surface area contributed by atoms with E-state index >= 15 is 0 Å². The summed E-state index contributed by atoms with van der Waals surface area (Å²) in [5, 5.41) is 11.9. The summed E-state index contributed by atoms with van der Waals surface area (Å²) in [5.74, 6) is -0.687. The third kappa shape index (κ3) is 4.94. The number of carbonyl (C=O) groups is 1. The van der Waals surface area contributed by atoms with Crippen LogP contribution in [0.25, 0.3) is 0 Å². The Hall–Kier alpha value is -0.610. The van der Waals surface area contributed by atoms with Crippen molar-refractivity contribution in [2.24, 2.45) is 0 Å². The maximum atomic E-state index is 10.3. The van der Waals surface area contributed by atoms with E-state index in [1.807, 2.05) is 0 Å². The van der Waals surface area contributed by atoms with E-state index in [0.29, 0.717) is 12.5 Å². The van der Waals surface area contributed by atoms with E-state index in [1.165, 1.54) is 19.4 Å². The Labute approximate surface area is 98.0 Å². The molecule has 1 saturated heterocycles. The van der Waals surface area contributed by atoms with Crippen molar-refractivity contribution < 1.29 is 9.90 Å². The van der Waals surface area contributed by atoms with Crippen LogP contribution in [0, 0.1) is 0 Å². The molecule has 4 heteroatoms. The van der Waals surface area contributed by atoms with E-state index in [4.69, 9.17) is 5.11 Å². The molecule has 4 nitrogen and oxygen atoms in total. The number of aliphatic carboxylic acids is 1. The number of hydrogen-bond acceptors (Lipinski definition) is 3. The van der Waals surface area contributed by atoms with Crippen molar-refractivity contribution in [3.63, 3.8) is 0 Å². The first-order valence-corrected chi connectivity index (χ1v) is 6.40. The number of nitrogens with one attached hydrogen (secondary N) is 1. The first-order valence-electron chi connectivity index (χ1n) is 6.40. The van der Waals surface area contributed by atoms with Crippen molar-refractivity contribution in [3.8, 4) is 0 Å². The molecule has 0 aromatic carbocycles. The van der Waals surface area contributed by atoms with Gasteiger partial charge in [0.2, 0.25) is 0 Å². The maximum Gasteiger partial charge on any atom is 0.303 e. The lowest BCUT2D eigenvalue weighted by Crippen LogP contribution is -2.38. The number of rotatable bonds is 8. The van der Waals surface area contributed by atoms with Gasteiger partial charge in [0.1, 0.15) is 0 Å². The Balaban J connectivity index is 1.96. The molecule has 16 heavy (non-hydrogen) atoms. The molecule has 0 saturated carbocycles. The number of nitrogens with zero attached hydrogens (tertiary/aromatic N) is 1. The average Bonchev–Trinajstić information content (AvgIpc) is 2.70. The van der Waals surface area contributed by atoms with Gasteiger partial charge in [-0.2, -0.15) is 0 Å². The van der Waals surface area contributed by atoms with Gasteiger partial charge in [-0.3, -0.25) is 9.69 Å². The van der Waals surface area contributed by atoms with E-state index in [-0.39, 0.29) is 0 Å². The predicted octanol–water partition coefficient (Wildman–Crippen LogP) is 1.32. The Morgan fingerprint density at radius 2 is 2.31 bits per heavy atom. The molecule has 1 atom stereocenters. The second-order valence-electron chi connectivity index (χ2n) is 4.48. The zero-order valence-corrected chi connectivity index (χ0v) is 10.2. The van der Waals surface area contributed by atoms with Crippen LogP contribution >= 0.6 is 0 Å². The second-order valence-corrected chi connectivity index (χ2v) is 4.48. The molecule has 1 fully saturated rings. The van der Waals surface area contributed by atoms with Crippen LogP contribution in [0.5, 0.6) is 0 Å². The Kier molecular flexibility index (Phi) is 6.42. The highest BCUT2D eigenvalue weighted by molar-refractivity contribution is 5.66. The standard InChI is InChI=1S/C12H24N2O2/c1-2-14-9-5-6-11(14)10-13-8-4-3-7-12(15)16/h11,13H,2-10H2,1H3,(H,15,16). The van der Waals surface area contributed by atoms with Crippen LogP contribution in [-0.2, 0) is 4.79 Å². The third-order valence-corrected chi connectivity index (χ3v) is 3.28. The monoisotopic (exact) mass is 228 g/mol. The summed E-state index contributed by atoms with van der Waals surface area (Å²) < 4.78 is 0. The number of hydrogen-bond donors (Lipinski definition) is 2. The summed E-state index contributed by atoms with van der Waals surface area (Å²) in [5.41, 5.74) is 0. The number of likely N-dealkylation sites (tertiary alicyclic amines) is 1. The minimum Gasteiger partial charge on any atom is -0.481 e. The summed E-state index contributed by atoms with van der Waals surface area (Å²) in [4.78, 5) is 12.8. The molecule has 0 radical (unpaired) electrons. The maximum absolute atomic E-state index is 10.3. The zero-order valence-electron chi connectivity index (χ0n) is 10.2. The SMILES string of the molecule is CCN1CCCC1CNCCCCC(=O)O. The second kappa shape index (κ2) is 7.63. The van der Waals surface area contributed by atoms with E-state index in [0.717, 1.165) is 32.5 Å². The van der Waals surface area contributed by atoms with E-state index in [2.05, 4.69) is 17.1 Å². The molecule has 1 rings (SSSR count). The van der Waals surface area contributed by atoms with Gasteiger partial charge in [0.25, 0.3) is 0 Å². The highest BCUT2D eigenvalue weighted by Crippen LogP contribution is 2.15. The first-order chi connectivity index (χ1) is 7.74. The van der Waals surface area contributed by atoms with Gasteiger partial charge in [-0.1, -0.05) is 6.92 Å². The summed E-state index contributed by atoms with van der Waals surface area (Å²) in [6, 6.07) is 0.699. The van der Waals surface area contributed by atoms with E-state index < -0.39 is 5.97 Å². The number of unbranched alkanes of at least 4 members (excludes halogenated alkanes) is 1. The van der Waals surface area contributed by atoms with E-state index in [9.17, 15) is 4.79 Å². The minimum atomic E-state index is -0.687. The van der Waals surface area contributed by atoms with Crippen LogP contribution in [0.2, 0.25) is 0 Å².